The van der Waals surface area contributed by atoms with Crippen LogP contribution in [0.4, 0.5) is 0 Å². The summed E-state index contributed by atoms with van der Waals surface area (Å²) in [6, 6.07) is 9.15. The minimum Gasteiger partial charge on any atom is -0.127 e. The summed E-state index contributed by atoms with van der Waals surface area (Å²) in [5, 5.41) is 0. The van der Waals surface area contributed by atoms with Crippen LogP contribution in [0.25, 0.3) is 0 Å². The molecule has 0 heterocycles. The number of hydrogen-bond donors (Lipinski definition) is 0. The SMILES string of the molecule is CCC(C)c1ccc(C(CCCl)C(C)C)cc1. The van der Waals surface area contributed by atoms with E-state index in [1.54, 1.807) is 0 Å². The predicted molar refractivity (Wildman–Crippen MR) is 78.1 cm³/mol. The van der Waals surface area contributed by atoms with Crippen molar-refractivity contribution in [2.45, 2.75) is 52.4 Å². The molecule has 0 radical (unpaired) electrons. The molecule has 1 aromatic rings. The first-order valence-electron chi connectivity index (χ1n) is 6.75. The molecule has 0 amide bonds. The Kier molecular flexibility index (Phi) is 6.05. The monoisotopic (exact) mass is 252 g/mol. The molecule has 0 saturated carbocycles. The zero-order valence-corrected chi connectivity index (χ0v) is 12.3. The zero-order valence-electron chi connectivity index (χ0n) is 11.5. The predicted octanol–water partition coefficient (Wildman–Crippen LogP) is 5.57. The highest BCUT2D eigenvalue weighted by atomic mass is 35.5. The van der Waals surface area contributed by atoms with Crippen molar-refractivity contribution in [2.75, 3.05) is 5.88 Å². The quantitative estimate of drug-likeness (QED) is 0.581. The maximum Gasteiger partial charge on any atom is 0.0229 e. The molecule has 2 unspecified atom stereocenters. The van der Waals surface area contributed by atoms with E-state index in [0.29, 0.717) is 17.8 Å². The first-order valence-corrected chi connectivity index (χ1v) is 7.29. The van der Waals surface area contributed by atoms with E-state index in [-0.39, 0.29) is 0 Å². The lowest BCUT2D eigenvalue weighted by Gasteiger charge is -2.21. The fourth-order valence-corrected chi connectivity index (χ4v) is 2.54. The summed E-state index contributed by atoms with van der Waals surface area (Å²) in [5.74, 6) is 2.66. The molecule has 96 valence electrons. The molecular weight excluding hydrogens is 228 g/mol. The molecule has 0 aliphatic carbocycles. The Morgan fingerprint density at radius 2 is 1.53 bits per heavy atom. The van der Waals surface area contributed by atoms with Crippen LogP contribution in [0.2, 0.25) is 0 Å². The van der Waals surface area contributed by atoms with Crippen molar-refractivity contribution >= 4 is 11.6 Å². The van der Waals surface area contributed by atoms with E-state index < -0.39 is 0 Å². The van der Waals surface area contributed by atoms with Crippen LogP contribution in [-0.4, -0.2) is 5.88 Å². The van der Waals surface area contributed by atoms with Gasteiger partial charge in [0, 0.05) is 5.88 Å². The standard InChI is InChI=1S/C16H25Cl/c1-5-13(4)14-6-8-15(9-7-14)16(10-11-17)12(2)3/h6-9,12-13,16H,5,10-11H2,1-4H3. The Balaban J connectivity index is 2.84. The lowest BCUT2D eigenvalue weighted by Crippen LogP contribution is -2.07. The highest BCUT2D eigenvalue weighted by molar-refractivity contribution is 6.17. The maximum absolute atomic E-state index is 5.89. The topological polar surface area (TPSA) is 0 Å². The molecular formula is C16H25Cl. The molecule has 1 aromatic carbocycles. The summed E-state index contributed by atoms with van der Waals surface area (Å²) < 4.78 is 0. The van der Waals surface area contributed by atoms with Gasteiger partial charge in [-0.05, 0) is 41.7 Å². The van der Waals surface area contributed by atoms with Gasteiger partial charge in [0.25, 0.3) is 0 Å². The maximum atomic E-state index is 5.89. The third-order valence-electron chi connectivity index (χ3n) is 3.77. The van der Waals surface area contributed by atoms with Gasteiger partial charge in [-0.25, -0.2) is 0 Å². The van der Waals surface area contributed by atoms with Gasteiger partial charge in [-0.2, -0.15) is 0 Å². The lowest BCUT2D eigenvalue weighted by atomic mass is 9.85. The smallest absolute Gasteiger partial charge is 0.0229 e. The first-order chi connectivity index (χ1) is 8.10. The number of rotatable bonds is 6. The third kappa shape index (κ3) is 4.03. The summed E-state index contributed by atoms with van der Waals surface area (Å²) in [4.78, 5) is 0. The molecule has 0 N–H and O–H groups in total. The number of hydrogen-bond acceptors (Lipinski definition) is 0. The van der Waals surface area contributed by atoms with Crippen molar-refractivity contribution in [3.63, 3.8) is 0 Å². The zero-order chi connectivity index (χ0) is 12.8. The van der Waals surface area contributed by atoms with Crippen LogP contribution in [0.15, 0.2) is 24.3 Å². The van der Waals surface area contributed by atoms with Crippen molar-refractivity contribution in [1.29, 1.82) is 0 Å². The molecule has 0 nitrogen and oxygen atoms in total. The van der Waals surface area contributed by atoms with E-state index >= 15 is 0 Å². The van der Waals surface area contributed by atoms with Crippen molar-refractivity contribution in [3.8, 4) is 0 Å². The Morgan fingerprint density at radius 1 is 1.00 bits per heavy atom. The van der Waals surface area contributed by atoms with Crippen LogP contribution >= 0.6 is 11.6 Å². The molecule has 1 heteroatoms. The Bertz CT molecular complexity index is 313. The normalized spacial score (nSPS) is 14.9. The van der Waals surface area contributed by atoms with Gasteiger partial charge in [-0.3, -0.25) is 0 Å². The molecule has 0 saturated heterocycles. The minimum absolute atomic E-state index is 0.596. The van der Waals surface area contributed by atoms with Crippen molar-refractivity contribution < 1.29 is 0 Å². The molecule has 0 aromatic heterocycles. The summed E-state index contributed by atoms with van der Waals surface area (Å²) in [6.45, 7) is 9.08. The second kappa shape index (κ2) is 7.06. The fourth-order valence-electron chi connectivity index (χ4n) is 2.31. The van der Waals surface area contributed by atoms with Gasteiger partial charge in [0.2, 0.25) is 0 Å². The summed E-state index contributed by atoms with van der Waals surface area (Å²) >= 11 is 5.89. The Labute approximate surface area is 111 Å². The molecule has 0 aliphatic heterocycles. The van der Waals surface area contributed by atoms with Crippen molar-refractivity contribution in [3.05, 3.63) is 35.4 Å². The average molecular weight is 253 g/mol. The van der Waals surface area contributed by atoms with Crippen LogP contribution in [-0.2, 0) is 0 Å². The molecule has 0 spiro atoms. The molecule has 0 aliphatic rings. The number of halogens is 1. The van der Waals surface area contributed by atoms with E-state index in [9.17, 15) is 0 Å². The largest absolute Gasteiger partial charge is 0.127 e. The number of alkyl halides is 1. The molecule has 2 atom stereocenters. The second-order valence-electron chi connectivity index (χ2n) is 5.30. The van der Waals surface area contributed by atoms with E-state index in [1.807, 2.05) is 0 Å². The van der Waals surface area contributed by atoms with Gasteiger partial charge in [-0.1, -0.05) is 52.0 Å². The van der Waals surface area contributed by atoms with Gasteiger partial charge in [0.05, 0.1) is 0 Å². The van der Waals surface area contributed by atoms with Gasteiger partial charge in [-0.15, -0.1) is 11.6 Å². The lowest BCUT2D eigenvalue weighted by molar-refractivity contribution is 0.487. The molecule has 0 fully saturated rings. The summed E-state index contributed by atoms with van der Waals surface area (Å²) in [6.07, 6.45) is 2.27. The number of benzene rings is 1. The minimum atomic E-state index is 0.596. The van der Waals surface area contributed by atoms with Crippen molar-refractivity contribution in [1.82, 2.24) is 0 Å². The molecule has 0 bridgehead atoms. The first kappa shape index (κ1) is 14.6. The van der Waals surface area contributed by atoms with Gasteiger partial charge < -0.3 is 0 Å². The van der Waals surface area contributed by atoms with Crippen LogP contribution in [0, 0.1) is 5.92 Å². The summed E-state index contributed by atoms with van der Waals surface area (Å²) in [5.41, 5.74) is 2.89. The second-order valence-corrected chi connectivity index (χ2v) is 5.68. The van der Waals surface area contributed by atoms with Gasteiger partial charge >= 0.3 is 0 Å². The van der Waals surface area contributed by atoms with E-state index in [0.717, 1.165) is 12.3 Å². The van der Waals surface area contributed by atoms with E-state index in [1.165, 1.54) is 17.5 Å². The highest BCUT2D eigenvalue weighted by Crippen LogP contribution is 2.29. The van der Waals surface area contributed by atoms with Crippen LogP contribution in [0.5, 0.6) is 0 Å². The van der Waals surface area contributed by atoms with Crippen molar-refractivity contribution in [2.24, 2.45) is 5.92 Å². The Hall–Kier alpha value is -0.490. The summed E-state index contributed by atoms with van der Waals surface area (Å²) in [7, 11) is 0. The van der Waals surface area contributed by atoms with E-state index in [4.69, 9.17) is 11.6 Å². The average Bonchev–Trinajstić information content (AvgIpc) is 2.35. The van der Waals surface area contributed by atoms with Crippen LogP contribution in [0.3, 0.4) is 0 Å². The molecule has 17 heavy (non-hydrogen) atoms. The highest BCUT2D eigenvalue weighted by Gasteiger charge is 2.15. The third-order valence-corrected chi connectivity index (χ3v) is 3.99. The van der Waals surface area contributed by atoms with Gasteiger partial charge in [0.15, 0.2) is 0 Å². The fraction of sp³-hybridized carbons (Fsp3) is 0.625. The van der Waals surface area contributed by atoms with Crippen LogP contribution in [0.1, 0.15) is 63.5 Å². The van der Waals surface area contributed by atoms with Crippen LogP contribution < -0.4 is 0 Å². The Morgan fingerprint density at radius 3 is 1.94 bits per heavy atom. The van der Waals surface area contributed by atoms with Gasteiger partial charge in [0.1, 0.15) is 0 Å². The molecule has 1 rings (SSSR count). The van der Waals surface area contributed by atoms with E-state index in [2.05, 4.69) is 52.0 Å².